The molecule has 28 heavy (non-hydrogen) atoms. The number of nitrogens with two attached hydrogens (primary N) is 1. The van der Waals surface area contributed by atoms with Crippen molar-refractivity contribution in [2.45, 2.75) is 19.6 Å². The number of hydrogen-bond acceptors (Lipinski definition) is 5. The van der Waals surface area contributed by atoms with Crippen LogP contribution in [0, 0.1) is 0 Å². The molecule has 0 radical (unpaired) electrons. The molecule has 0 saturated heterocycles. The summed E-state index contributed by atoms with van der Waals surface area (Å²) in [6.07, 6.45) is -1.12. The minimum Gasteiger partial charge on any atom is -0.449 e. The number of amides is 3. The van der Waals surface area contributed by atoms with Crippen molar-refractivity contribution >= 4 is 29.3 Å². The molecule has 0 aliphatic heterocycles. The van der Waals surface area contributed by atoms with Gasteiger partial charge < -0.3 is 25.8 Å². The minimum atomic E-state index is -2.94. The molecule has 0 saturated carbocycles. The molecule has 0 spiro atoms. The van der Waals surface area contributed by atoms with Gasteiger partial charge in [-0.1, -0.05) is 0 Å². The highest BCUT2D eigenvalue weighted by atomic mass is 19.3. The van der Waals surface area contributed by atoms with E-state index in [0.717, 1.165) is 0 Å². The Morgan fingerprint density at radius 3 is 2.00 bits per heavy atom. The molecule has 2 rings (SSSR count). The molecule has 1 unspecified atom stereocenters. The van der Waals surface area contributed by atoms with Crippen LogP contribution in [0.2, 0.25) is 0 Å². The van der Waals surface area contributed by atoms with Gasteiger partial charge in [0.05, 0.1) is 5.56 Å². The van der Waals surface area contributed by atoms with Gasteiger partial charge in [0.15, 0.2) is 6.10 Å². The smallest absolute Gasteiger partial charge is 0.387 e. The molecule has 8 nitrogen and oxygen atoms in total. The maximum absolute atomic E-state index is 12.1. The number of hydrogen-bond donors (Lipinski definition) is 3. The molecular formula is C18H17F2N3O5. The van der Waals surface area contributed by atoms with Crippen LogP contribution in [0.1, 0.15) is 17.3 Å². The second-order valence-corrected chi connectivity index (χ2v) is 5.51. The van der Waals surface area contributed by atoms with Gasteiger partial charge in [0, 0.05) is 11.4 Å². The third-order valence-corrected chi connectivity index (χ3v) is 3.39. The topological polar surface area (TPSA) is 120 Å². The number of carbonyl (C=O) groups excluding carboxylic acids is 3. The first kappa shape index (κ1) is 20.6. The Hall–Kier alpha value is -3.69. The molecule has 0 heterocycles. The van der Waals surface area contributed by atoms with Crippen LogP contribution in [0.4, 0.5) is 25.0 Å². The van der Waals surface area contributed by atoms with E-state index in [1.165, 1.54) is 55.5 Å². The summed E-state index contributed by atoms with van der Waals surface area (Å²) in [5.74, 6) is -1.40. The first-order valence-electron chi connectivity index (χ1n) is 7.98. The standard InChI is InChI=1S/C18H17F2N3O5/c1-10(15(24)22-12-6-8-14(9-7-12)28-17(19)20)27-16(25)11-2-4-13(5-3-11)23-18(21)26/h2-10,17H,1H3,(H,22,24)(H3,21,23,26). The molecular weight excluding hydrogens is 376 g/mol. The van der Waals surface area contributed by atoms with E-state index in [9.17, 15) is 23.2 Å². The molecule has 0 bridgehead atoms. The van der Waals surface area contributed by atoms with Crippen molar-refractivity contribution in [3.63, 3.8) is 0 Å². The van der Waals surface area contributed by atoms with Crippen molar-refractivity contribution in [3.8, 4) is 5.75 Å². The molecule has 0 aliphatic carbocycles. The second kappa shape index (κ2) is 9.31. The number of ether oxygens (including phenoxy) is 2. The number of urea groups is 1. The summed E-state index contributed by atoms with van der Waals surface area (Å²) in [5.41, 5.74) is 5.87. The molecule has 0 aliphatic rings. The Kier molecular flexibility index (Phi) is 6.85. The summed E-state index contributed by atoms with van der Waals surface area (Å²) in [5, 5.41) is 4.83. The summed E-state index contributed by atoms with van der Waals surface area (Å²) in [4.78, 5) is 35.0. The van der Waals surface area contributed by atoms with E-state index in [-0.39, 0.29) is 11.3 Å². The number of esters is 1. The Morgan fingerprint density at radius 2 is 1.46 bits per heavy atom. The lowest BCUT2D eigenvalue weighted by atomic mass is 10.2. The van der Waals surface area contributed by atoms with Gasteiger partial charge in [-0.2, -0.15) is 8.78 Å². The summed E-state index contributed by atoms with van der Waals surface area (Å²) in [6, 6.07) is 10.2. The summed E-state index contributed by atoms with van der Waals surface area (Å²) in [6.45, 7) is -1.56. The number of alkyl halides is 2. The Morgan fingerprint density at radius 1 is 0.929 bits per heavy atom. The quantitative estimate of drug-likeness (QED) is 0.625. The van der Waals surface area contributed by atoms with Crippen molar-refractivity contribution in [1.82, 2.24) is 0 Å². The van der Waals surface area contributed by atoms with Gasteiger partial charge in [-0.15, -0.1) is 0 Å². The molecule has 2 aromatic carbocycles. The van der Waals surface area contributed by atoms with Gasteiger partial charge in [0.2, 0.25) is 0 Å². The SMILES string of the molecule is CC(OC(=O)c1ccc(NC(N)=O)cc1)C(=O)Nc1ccc(OC(F)F)cc1. The van der Waals surface area contributed by atoms with E-state index in [2.05, 4.69) is 15.4 Å². The molecule has 2 aromatic rings. The minimum absolute atomic E-state index is 0.0539. The van der Waals surface area contributed by atoms with Crippen molar-refractivity contribution in [2.24, 2.45) is 5.73 Å². The van der Waals surface area contributed by atoms with Crippen LogP contribution in [-0.4, -0.2) is 30.6 Å². The van der Waals surface area contributed by atoms with Crippen molar-refractivity contribution < 1.29 is 32.6 Å². The summed E-state index contributed by atoms with van der Waals surface area (Å²) < 4.78 is 33.5. The number of benzene rings is 2. The zero-order valence-electron chi connectivity index (χ0n) is 14.6. The van der Waals surface area contributed by atoms with E-state index in [4.69, 9.17) is 10.5 Å². The monoisotopic (exact) mass is 393 g/mol. The van der Waals surface area contributed by atoms with Crippen LogP contribution >= 0.6 is 0 Å². The zero-order valence-corrected chi connectivity index (χ0v) is 14.6. The molecule has 0 aromatic heterocycles. The molecule has 1 atom stereocenters. The highest BCUT2D eigenvalue weighted by molar-refractivity contribution is 5.97. The van der Waals surface area contributed by atoms with Crippen molar-refractivity contribution in [3.05, 3.63) is 54.1 Å². The average Bonchev–Trinajstić information content (AvgIpc) is 2.63. The average molecular weight is 393 g/mol. The fourth-order valence-electron chi connectivity index (χ4n) is 2.08. The van der Waals surface area contributed by atoms with Crippen molar-refractivity contribution in [1.29, 1.82) is 0 Å². The van der Waals surface area contributed by atoms with Gasteiger partial charge >= 0.3 is 18.6 Å². The van der Waals surface area contributed by atoms with Crippen LogP contribution in [0.5, 0.6) is 5.75 Å². The number of primary amides is 1. The predicted molar refractivity (Wildman–Crippen MR) is 96.2 cm³/mol. The molecule has 4 N–H and O–H groups in total. The number of halogens is 2. The summed E-state index contributed by atoms with van der Waals surface area (Å²) in [7, 11) is 0. The van der Waals surface area contributed by atoms with E-state index in [1.54, 1.807) is 0 Å². The van der Waals surface area contributed by atoms with Crippen LogP contribution in [-0.2, 0) is 9.53 Å². The largest absolute Gasteiger partial charge is 0.449 e. The first-order valence-corrected chi connectivity index (χ1v) is 7.98. The molecule has 148 valence electrons. The third kappa shape index (κ3) is 6.24. The Bertz CT molecular complexity index is 841. The van der Waals surface area contributed by atoms with Crippen LogP contribution < -0.4 is 21.1 Å². The van der Waals surface area contributed by atoms with E-state index < -0.39 is 30.6 Å². The van der Waals surface area contributed by atoms with E-state index in [1.807, 2.05) is 0 Å². The van der Waals surface area contributed by atoms with Gasteiger partial charge in [0.1, 0.15) is 5.75 Å². The Labute approximate surface area is 158 Å². The van der Waals surface area contributed by atoms with Gasteiger partial charge in [-0.3, -0.25) is 4.79 Å². The maximum atomic E-state index is 12.1. The zero-order chi connectivity index (χ0) is 20.7. The molecule has 3 amide bonds. The number of rotatable bonds is 7. The second-order valence-electron chi connectivity index (χ2n) is 5.51. The fraction of sp³-hybridized carbons (Fsp3) is 0.167. The lowest BCUT2D eigenvalue weighted by Crippen LogP contribution is -2.30. The Balaban J connectivity index is 1.90. The van der Waals surface area contributed by atoms with Gasteiger partial charge in [-0.25, -0.2) is 9.59 Å². The number of nitrogens with one attached hydrogen (secondary N) is 2. The highest BCUT2D eigenvalue weighted by Crippen LogP contribution is 2.18. The number of carbonyl (C=O) groups is 3. The van der Waals surface area contributed by atoms with Crippen LogP contribution in [0.15, 0.2) is 48.5 Å². The number of anilines is 2. The highest BCUT2D eigenvalue weighted by Gasteiger charge is 2.19. The normalized spacial score (nSPS) is 11.4. The van der Waals surface area contributed by atoms with E-state index in [0.29, 0.717) is 11.4 Å². The molecule has 0 fully saturated rings. The first-order chi connectivity index (χ1) is 13.2. The fourth-order valence-corrected chi connectivity index (χ4v) is 2.08. The lowest BCUT2D eigenvalue weighted by molar-refractivity contribution is -0.123. The van der Waals surface area contributed by atoms with E-state index >= 15 is 0 Å². The summed E-state index contributed by atoms with van der Waals surface area (Å²) >= 11 is 0. The van der Waals surface area contributed by atoms with Gasteiger partial charge in [0.25, 0.3) is 5.91 Å². The van der Waals surface area contributed by atoms with Crippen molar-refractivity contribution in [2.75, 3.05) is 10.6 Å². The third-order valence-electron chi connectivity index (χ3n) is 3.39. The van der Waals surface area contributed by atoms with Crippen LogP contribution in [0.3, 0.4) is 0 Å². The van der Waals surface area contributed by atoms with Gasteiger partial charge in [-0.05, 0) is 55.5 Å². The van der Waals surface area contributed by atoms with Crippen LogP contribution in [0.25, 0.3) is 0 Å². The molecule has 10 heteroatoms. The lowest BCUT2D eigenvalue weighted by Gasteiger charge is -2.14. The predicted octanol–water partition coefficient (Wildman–Crippen LogP) is 2.96. The maximum Gasteiger partial charge on any atom is 0.387 e.